The quantitative estimate of drug-likeness (QED) is 0.786. The van der Waals surface area contributed by atoms with Crippen LogP contribution in [-0.2, 0) is 0 Å². The zero-order valence-electron chi connectivity index (χ0n) is 11.9. The molecule has 0 saturated heterocycles. The van der Waals surface area contributed by atoms with Crippen LogP contribution in [0.2, 0.25) is 0 Å². The SMILES string of the molecule is CC(C)c1[nH]nc(C(=O)NC2CCCCC2CO)c1Br. The fourth-order valence-corrected chi connectivity index (χ4v) is 3.54. The molecule has 2 unspecified atom stereocenters. The Kier molecular flexibility index (Phi) is 5.21. The van der Waals surface area contributed by atoms with Crippen molar-refractivity contribution in [1.82, 2.24) is 15.5 Å². The van der Waals surface area contributed by atoms with Gasteiger partial charge >= 0.3 is 0 Å². The Morgan fingerprint density at radius 1 is 1.50 bits per heavy atom. The third kappa shape index (κ3) is 3.23. The Balaban J connectivity index is 2.08. The van der Waals surface area contributed by atoms with Crippen molar-refractivity contribution in [1.29, 1.82) is 0 Å². The molecule has 0 spiro atoms. The third-order valence-corrected chi connectivity index (χ3v) is 4.79. The first kappa shape index (κ1) is 15.5. The van der Waals surface area contributed by atoms with Gasteiger partial charge in [0.1, 0.15) is 0 Å². The number of amides is 1. The lowest BCUT2D eigenvalue weighted by molar-refractivity contribution is 0.0867. The van der Waals surface area contributed by atoms with Gasteiger partial charge in [0.2, 0.25) is 0 Å². The highest BCUT2D eigenvalue weighted by Crippen LogP contribution is 2.27. The molecule has 1 amide bonds. The summed E-state index contributed by atoms with van der Waals surface area (Å²) in [5, 5.41) is 19.4. The Hall–Kier alpha value is -0.880. The van der Waals surface area contributed by atoms with Crippen LogP contribution in [0.3, 0.4) is 0 Å². The van der Waals surface area contributed by atoms with Crippen LogP contribution in [0.4, 0.5) is 0 Å². The van der Waals surface area contributed by atoms with Gasteiger partial charge in [-0.2, -0.15) is 5.10 Å². The van der Waals surface area contributed by atoms with Crippen molar-refractivity contribution in [2.75, 3.05) is 6.61 Å². The van der Waals surface area contributed by atoms with Crippen LogP contribution in [0, 0.1) is 5.92 Å². The standard InChI is InChI=1S/C14H22BrN3O2/c1-8(2)12-11(15)13(18-17-12)14(20)16-10-6-4-3-5-9(10)7-19/h8-10,19H,3-7H2,1-2H3,(H,16,20)(H,17,18). The minimum absolute atomic E-state index is 0.0485. The van der Waals surface area contributed by atoms with Gasteiger partial charge in [-0.15, -0.1) is 0 Å². The maximum Gasteiger partial charge on any atom is 0.273 e. The molecule has 112 valence electrons. The van der Waals surface area contributed by atoms with Crippen LogP contribution in [0.5, 0.6) is 0 Å². The number of nitrogens with one attached hydrogen (secondary N) is 2. The van der Waals surface area contributed by atoms with E-state index < -0.39 is 0 Å². The van der Waals surface area contributed by atoms with Gasteiger partial charge in [0.15, 0.2) is 5.69 Å². The summed E-state index contributed by atoms with van der Waals surface area (Å²) in [6.45, 7) is 4.22. The number of hydrogen-bond donors (Lipinski definition) is 3. The van der Waals surface area contributed by atoms with E-state index in [1.807, 2.05) is 13.8 Å². The Morgan fingerprint density at radius 3 is 2.80 bits per heavy atom. The van der Waals surface area contributed by atoms with Crippen molar-refractivity contribution in [3.63, 3.8) is 0 Å². The highest BCUT2D eigenvalue weighted by atomic mass is 79.9. The molecule has 0 bridgehead atoms. The molecule has 6 heteroatoms. The van der Waals surface area contributed by atoms with Crippen molar-refractivity contribution < 1.29 is 9.90 Å². The summed E-state index contributed by atoms with van der Waals surface area (Å²) >= 11 is 3.45. The van der Waals surface area contributed by atoms with E-state index in [0.717, 1.165) is 35.8 Å². The summed E-state index contributed by atoms with van der Waals surface area (Å²) in [6.07, 6.45) is 4.12. The van der Waals surface area contributed by atoms with Crippen LogP contribution in [0.1, 0.15) is 61.6 Å². The predicted octanol–water partition coefficient (Wildman–Crippen LogP) is 2.58. The summed E-state index contributed by atoms with van der Waals surface area (Å²) in [5.41, 5.74) is 1.33. The number of halogens is 1. The van der Waals surface area contributed by atoms with Gasteiger partial charge in [-0.1, -0.05) is 26.7 Å². The van der Waals surface area contributed by atoms with Crippen LogP contribution in [-0.4, -0.2) is 33.9 Å². The summed E-state index contributed by atoms with van der Waals surface area (Å²) in [5.74, 6) is 0.263. The number of aromatic nitrogens is 2. The predicted molar refractivity (Wildman–Crippen MR) is 80.7 cm³/mol. The van der Waals surface area contributed by atoms with Crippen molar-refractivity contribution in [2.24, 2.45) is 5.92 Å². The Labute approximate surface area is 127 Å². The van der Waals surface area contributed by atoms with E-state index in [9.17, 15) is 9.90 Å². The molecular formula is C14H22BrN3O2. The van der Waals surface area contributed by atoms with E-state index in [0.29, 0.717) is 5.69 Å². The highest BCUT2D eigenvalue weighted by molar-refractivity contribution is 9.10. The fourth-order valence-electron chi connectivity index (χ4n) is 2.73. The summed E-state index contributed by atoms with van der Waals surface area (Å²) in [6, 6.07) is 0.0485. The number of hydrogen-bond acceptors (Lipinski definition) is 3. The lowest BCUT2D eigenvalue weighted by atomic mass is 9.85. The molecule has 3 N–H and O–H groups in total. The number of carbonyl (C=O) groups excluding carboxylic acids is 1. The molecule has 20 heavy (non-hydrogen) atoms. The molecule has 0 aliphatic heterocycles. The van der Waals surface area contributed by atoms with Crippen LogP contribution in [0.25, 0.3) is 0 Å². The van der Waals surface area contributed by atoms with Gasteiger partial charge in [0.25, 0.3) is 5.91 Å². The van der Waals surface area contributed by atoms with Gasteiger partial charge < -0.3 is 10.4 Å². The molecule has 0 radical (unpaired) electrons. The van der Waals surface area contributed by atoms with E-state index in [1.54, 1.807) is 0 Å². The number of aliphatic hydroxyl groups is 1. The first-order chi connectivity index (χ1) is 9.54. The lowest BCUT2D eigenvalue weighted by Crippen LogP contribution is -2.43. The second-order valence-corrected chi connectivity index (χ2v) is 6.55. The summed E-state index contributed by atoms with van der Waals surface area (Å²) in [4.78, 5) is 12.3. The molecule has 2 rings (SSSR count). The normalized spacial score (nSPS) is 23.1. The van der Waals surface area contributed by atoms with Crippen molar-refractivity contribution >= 4 is 21.8 Å². The molecule has 0 aromatic carbocycles. The molecule has 1 aliphatic carbocycles. The molecule has 1 fully saturated rings. The Bertz CT molecular complexity index is 473. The van der Waals surface area contributed by atoms with Crippen LogP contribution in [0.15, 0.2) is 4.47 Å². The average molecular weight is 344 g/mol. The topological polar surface area (TPSA) is 78.0 Å². The molecule has 2 atom stereocenters. The number of nitrogens with zero attached hydrogens (tertiary/aromatic N) is 1. The van der Waals surface area contributed by atoms with E-state index in [2.05, 4.69) is 31.4 Å². The van der Waals surface area contributed by atoms with E-state index in [4.69, 9.17) is 0 Å². The zero-order valence-corrected chi connectivity index (χ0v) is 13.5. The number of rotatable bonds is 4. The van der Waals surface area contributed by atoms with Crippen molar-refractivity contribution in [3.8, 4) is 0 Å². The summed E-state index contributed by atoms with van der Waals surface area (Å²) < 4.78 is 0.737. The smallest absolute Gasteiger partial charge is 0.273 e. The zero-order chi connectivity index (χ0) is 14.7. The lowest BCUT2D eigenvalue weighted by Gasteiger charge is -2.30. The van der Waals surface area contributed by atoms with Gasteiger partial charge in [-0.3, -0.25) is 9.89 Å². The van der Waals surface area contributed by atoms with Crippen molar-refractivity contribution in [3.05, 3.63) is 15.9 Å². The number of aliphatic hydroxyl groups excluding tert-OH is 1. The van der Waals surface area contributed by atoms with Crippen molar-refractivity contribution in [2.45, 2.75) is 51.5 Å². The number of aromatic amines is 1. The molecule has 5 nitrogen and oxygen atoms in total. The van der Waals surface area contributed by atoms with E-state index in [1.165, 1.54) is 0 Å². The molecule has 1 aromatic rings. The first-order valence-electron chi connectivity index (χ1n) is 7.20. The molecule has 1 saturated carbocycles. The maximum absolute atomic E-state index is 12.3. The minimum atomic E-state index is -0.176. The molecular weight excluding hydrogens is 322 g/mol. The van der Waals surface area contributed by atoms with E-state index in [-0.39, 0.29) is 30.4 Å². The average Bonchev–Trinajstić information content (AvgIpc) is 2.81. The third-order valence-electron chi connectivity index (χ3n) is 3.99. The molecule has 1 aliphatic rings. The largest absolute Gasteiger partial charge is 0.396 e. The van der Waals surface area contributed by atoms with Gasteiger partial charge in [-0.05, 0) is 34.7 Å². The fraction of sp³-hybridized carbons (Fsp3) is 0.714. The van der Waals surface area contributed by atoms with Crippen LogP contribution < -0.4 is 5.32 Å². The minimum Gasteiger partial charge on any atom is -0.396 e. The number of H-pyrrole nitrogens is 1. The second kappa shape index (κ2) is 6.72. The van der Waals surface area contributed by atoms with E-state index >= 15 is 0 Å². The molecule has 1 heterocycles. The second-order valence-electron chi connectivity index (χ2n) is 5.76. The van der Waals surface area contributed by atoms with Crippen LogP contribution >= 0.6 is 15.9 Å². The van der Waals surface area contributed by atoms with Gasteiger partial charge in [0, 0.05) is 18.6 Å². The summed E-state index contributed by atoms with van der Waals surface area (Å²) in [7, 11) is 0. The monoisotopic (exact) mass is 343 g/mol. The number of carbonyl (C=O) groups is 1. The van der Waals surface area contributed by atoms with Gasteiger partial charge in [0.05, 0.1) is 10.2 Å². The van der Waals surface area contributed by atoms with Gasteiger partial charge in [-0.25, -0.2) is 0 Å². The Morgan fingerprint density at radius 2 is 2.20 bits per heavy atom. The highest BCUT2D eigenvalue weighted by Gasteiger charge is 2.28. The molecule has 1 aromatic heterocycles. The first-order valence-corrected chi connectivity index (χ1v) is 7.99. The maximum atomic E-state index is 12.3.